The van der Waals surface area contributed by atoms with Crippen LogP contribution in [0, 0.1) is 18.3 Å². The average Bonchev–Trinajstić information content (AvgIpc) is 3.18. The molecular weight excluding hydrogens is 238 g/mol. The van der Waals surface area contributed by atoms with Crippen LogP contribution in [0.15, 0.2) is 18.2 Å². The summed E-state index contributed by atoms with van der Waals surface area (Å²) in [6.07, 6.45) is 2.64. The van der Waals surface area contributed by atoms with Crippen molar-refractivity contribution in [2.45, 2.75) is 19.8 Å². The van der Waals surface area contributed by atoms with Crippen molar-refractivity contribution in [3.63, 3.8) is 0 Å². The zero-order valence-electron chi connectivity index (χ0n) is 11.8. The molecule has 0 atom stereocenters. The number of ether oxygens (including phenoxy) is 1. The average molecular weight is 261 g/mol. The summed E-state index contributed by atoms with van der Waals surface area (Å²) in [5.41, 5.74) is 8.61. The number of nitrogens with one attached hydrogen (secondary N) is 1. The lowest BCUT2D eigenvalue weighted by molar-refractivity contribution is 0.131. The molecule has 0 unspecified atom stereocenters. The number of likely N-dealkylation sites (N-methyl/N-ethyl adjacent to an activating group) is 1. The third kappa shape index (κ3) is 3.70. The number of anilines is 1. The largest absolute Gasteiger partial charge is 0.384 e. The molecule has 1 fully saturated rings. The van der Waals surface area contributed by atoms with Crippen LogP contribution < -0.4 is 10.6 Å². The van der Waals surface area contributed by atoms with Crippen LogP contribution in [0.2, 0.25) is 0 Å². The molecule has 0 saturated heterocycles. The molecule has 0 heterocycles. The first-order chi connectivity index (χ1) is 9.09. The van der Waals surface area contributed by atoms with E-state index in [0.717, 1.165) is 42.5 Å². The standard InChI is InChI=1S/C15H23N3O/c1-11-4-3-5-13(15(16)17)14(11)18(2)8-9-19-10-12-6-7-12/h3-5,12H,6-10H2,1-2H3,(H3,16,17). The van der Waals surface area contributed by atoms with Gasteiger partial charge in [0.15, 0.2) is 0 Å². The molecule has 0 bridgehead atoms. The highest BCUT2D eigenvalue weighted by molar-refractivity contribution is 6.01. The fourth-order valence-electron chi connectivity index (χ4n) is 2.23. The summed E-state index contributed by atoms with van der Waals surface area (Å²) in [6.45, 7) is 4.47. The molecule has 104 valence electrons. The van der Waals surface area contributed by atoms with Crippen molar-refractivity contribution >= 4 is 11.5 Å². The number of amidine groups is 1. The summed E-state index contributed by atoms with van der Waals surface area (Å²) < 4.78 is 5.66. The molecule has 3 N–H and O–H groups in total. The minimum Gasteiger partial charge on any atom is -0.384 e. The summed E-state index contributed by atoms with van der Waals surface area (Å²) in [5, 5.41) is 7.66. The fourth-order valence-corrected chi connectivity index (χ4v) is 2.23. The van der Waals surface area contributed by atoms with Crippen LogP contribution in [0.5, 0.6) is 0 Å². The summed E-state index contributed by atoms with van der Waals surface area (Å²) in [7, 11) is 2.02. The second-order valence-corrected chi connectivity index (χ2v) is 5.32. The van der Waals surface area contributed by atoms with Crippen molar-refractivity contribution in [3.8, 4) is 0 Å². The smallest absolute Gasteiger partial charge is 0.124 e. The Hall–Kier alpha value is -1.55. The molecule has 1 saturated carbocycles. The van der Waals surface area contributed by atoms with E-state index >= 15 is 0 Å². The highest BCUT2D eigenvalue weighted by Crippen LogP contribution is 2.29. The summed E-state index contributed by atoms with van der Waals surface area (Å²) in [6, 6.07) is 5.88. The lowest BCUT2D eigenvalue weighted by atomic mass is 10.1. The van der Waals surface area contributed by atoms with Crippen LogP contribution in [0.25, 0.3) is 0 Å². The maximum Gasteiger partial charge on any atom is 0.124 e. The number of para-hydroxylation sites is 1. The zero-order valence-corrected chi connectivity index (χ0v) is 11.8. The zero-order chi connectivity index (χ0) is 13.8. The van der Waals surface area contributed by atoms with E-state index in [1.807, 2.05) is 32.2 Å². The van der Waals surface area contributed by atoms with Gasteiger partial charge in [-0.05, 0) is 37.3 Å². The van der Waals surface area contributed by atoms with Crippen molar-refractivity contribution in [1.29, 1.82) is 5.41 Å². The Labute approximate surface area is 115 Å². The number of nitrogen functional groups attached to an aromatic ring is 1. The van der Waals surface area contributed by atoms with Crippen LogP contribution in [-0.2, 0) is 4.74 Å². The van der Waals surface area contributed by atoms with Crippen molar-refractivity contribution in [3.05, 3.63) is 29.3 Å². The Kier molecular flexibility index (Phi) is 4.43. The van der Waals surface area contributed by atoms with Crippen LogP contribution in [-0.4, -0.2) is 32.6 Å². The number of benzene rings is 1. The van der Waals surface area contributed by atoms with Gasteiger partial charge in [-0.15, -0.1) is 0 Å². The number of nitrogens with two attached hydrogens (primary N) is 1. The van der Waals surface area contributed by atoms with Gasteiger partial charge >= 0.3 is 0 Å². The topological polar surface area (TPSA) is 62.3 Å². The van der Waals surface area contributed by atoms with Crippen molar-refractivity contribution < 1.29 is 4.74 Å². The Morgan fingerprint density at radius 1 is 1.47 bits per heavy atom. The predicted molar refractivity (Wildman–Crippen MR) is 79.0 cm³/mol. The van der Waals surface area contributed by atoms with Gasteiger partial charge in [-0.3, -0.25) is 5.41 Å². The normalized spacial score (nSPS) is 14.4. The molecule has 0 aromatic heterocycles. The SMILES string of the molecule is Cc1cccc(C(=N)N)c1N(C)CCOCC1CC1. The lowest BCUT2D eigenvalue weighted by Crippen LogP contribution is -2.27. The molecule has 1 aromatic rings. The molecule has 1 aromatic carbocycles. The van der Waals surface area contributed by atoms with Crippen molar-refractivity contribution in [2.75, 3.05) is 31.7 Å². The molecule has 0 spiro atoms. The Balaban J connectivity index is 1.96. The van der Waals surface area contributed by atoms with Gasteiger partial charge in [0.05, 0.1) is 12.3 Å². The van der Waals surface area contributed by atoms with Crippen molar-refractivity contribution in [2.24, 2.45) is 11.7 Å². The molecule has 0 amide bonds. The van der Waals surface area contributed by atoms with E-state index in [0.29, 0.717) is 0 Å². The molecule has 4 nitrogen and oxygen atoms in total. The van der Waals surface area contributed by atoms with Crippen LogP contribution in [0.4, 0.5) is 5.69 Å². The van der Waals surface area contributed by atoms with E-state index in [4.69, 9.17) is 15.9 Å². The first kappa shape index (κ1) is 13.9. The summed E-state index contributed by atoms with van der Waals surface area (Å²) >= 11 is 0. The summed E-state index contributed by atoms with van der Waals surface area (Å²) in [5.74, 6) is 0.918. The highest BCUT2D eigenvalue weighted by atomic mass is 16.5. The molecule has 19 heavy (non-hydrogen) atoms. The van der Waals surface area contributed by atoms with E-state index in [-0.39, 0.29) is 5.84 Å². The number of hydrogen-bond acceptors (Lipinski definition) is 3. The van der Waals surface area contributed by atoms with Crippen molar-refractivity contribution in [1.82, 2.24) is 0 Å². The molecule has 1 aliphatic rings. The van der Waals surface area contributed by atoms with E-state index in [2.05, 4.69) is 4.90 Å². The number of aryl methyl sites for hydroxylation is 1. The quantitative estimate of drug-likeness (QED) is 0.449. The monoisotopic (exact) mass is 261 g/mol. The Morgan fingerprint density at radius 3 is 2.84 bits per heavy atom. The highest BCUT2D eigenvalue weighted by Gasteiger charge is 2.21. The lowest BCUT2D eigenvalue weighted by Gasteiger charge is -2.24. The second kappa shape index (κ2) is 6.06. The minimum atomic E-state index is 0.115. The Morgan fingerprint density at radius 2 is 2.21 bits per heavy atom. The third-order valence-electron chi connectivity index (χ3n) is 3.53. The van der Waals surface area contributed by atoms with E-state index in [1.54, 1.807) is 0 Å². The van der Waals surface area contributed by atoms with Gasteiger partial charge in [-0.25, -0.2) is 0 Å². The van der Waals surface area contributed by atoms with Crippen LogP contribution in [0.1, 0.15) is 24.0 Å². The number of hydrogen-bond donors (Lipinski definition) is 2. The van der Waals surface area contributed by atoms with Crippen LogP contribution in [0.3, 0.4) is 0 Å². The van der Waals surface area contributed by atoms with E-state index in [9.17, 15) is 0 Å². The maximum atomic E-state index is 7.66. The molecule has 1 aliphatic carbocycles. The van der Waals surface area contributed by atoms with E-state index < -0.39 is 0 Å². The molecule has 4 heteroatoms. The minimum absolute atomic E-state index is 0.115. The predicted octanol–water partition coefficient (Wildman–Crippen LogP) is 2.14. The van der Waals surface area contributed by atoms with Gasteiger partial charge in [-0.1, -0.05) is 12.1 Å². The first-order valence-corrected chi connectivity index (χ1v) is 6.82. The fraction of sp³-hybridized carbons (Fsp3) is 0.533. The maximum absolute atomic E-state index is 7.66. The third-order valence-corrected chi connectivity index (χ3v) is 3.53. The van der Waals surface area contributed by atoms with Gasteiger partial charge in [0.2, 0.25) is 0 Å². The number of nitrogens with zero attached hydrogens (tertiary/aromatic N) is 1. The van der Waals surface area contributed by atoms with E-state index in [1.165, 1.54) is 12.8 Å². The van der Waals surface area contributed by atoms with Crippen LogP contribution >= 0.6 is 0 Å². The van der Waals surface area contributed by atoms with Gasteiger partial charge in [0.1, 0.15) is 5.84 Å². The molecular formula is C15H23N3O. The van der Waals surface area contributed by atoms with Gasteiger partial charge in [0, 0.05) is 25.8 Å². The first-order valence-electron chi connectivity index (χ1n) is 6.82. The van der Waals surface area contributed by atoms with Gasteiger partial charge in [-0.2, -0.15) is 0 Å². The van der Waals surface area contributed by atoms with Gasteiger partial charge < -0.3 is 15.4 Å². The number of rotatable bonds is 7. The molecule has 2 rings (SSSR count). The second-order valence-electron chi connectivity index (χ2n) is 5.32. The summed E-state index contributed by atoms with van der Waals surface area (Å²) in [4.78, 5) is 2.12. The Bertz CT molecular complexity index is 455. The molecule has 0 aliphatic heterocycles. The van der Waals surface area contributed by atoms with Gasteiger partial charge in [0.25, 0.3) is 0 Å². The molecule has 0 radical (unpaired) electrons.